The van der Waals surface area contributed by atoms with Crippen LogP contribution in [0.3, 0.4) is 0 Å². The van der Waals surface area contributed by atoms with Gasteiger partial charge in [-0.3, -0.25) is 14.8 Å². The SMILES string of the molecule is Cc1cnc(C(=O)N2CCC(Cc3cncc(-c4nccn4C)n3)CC2)cn1. The summed E-state index contributed by atoms with van der Waals surface area (Å²) in [6.07, 6.45) is 13.2. The van der Waals surface area contributed by atoms with Gasteiger partial charge < -0.3 is 9.47 Å². The van der Waals surface area contributed by atoms with Crippen LogP contribution in [0.1, 0.15) is 34.7 Å². The Labute approximate surface area is 163 Å². The summed E-state index contributed by atoms with van der Waals surface area (Å²) in [5.41, 5.74) is 2.98. The highest BCUT2D eigenvalue weighted by molar-refractivity contribution is 5.92. The maximum Gasteiger partial charge on any atom is 0.274 e. The van der Waals surface area contributed by atoms with Crippen molar-refractivity contribution < 1.29 is 4.79 Å². The summed E-state index contributed by atoms with van der Waals surface area (Å²) in [6.45, 7) is 3.32. The van der Waals surface area contributed by atoms with Crippen LogP contribution in [-0.4, -0.2) is 53.4 Å². The Balaban J connectivity index is 1.36. The number of rotatable bonds is 4. The van der Waals surface area contributed by atoms with Gasteiger partial charge in [-0.05, 0) is 32.1 Å². The predicted molar refractivity (Wildman–Crippen MR) is 103 cm³/mol. The lowest BCUT2D eigenvalue weighted by Gasteiger charge is -2.31. The fourth-order valence-corrected chi connectivity index (χ4v) is 3.53. The van der Waals surface area contributed by atoms with Gasteiger partial charge in [-0.1, -0.05) is 0 Å². The summed E-state index contributed by atoms with van der Waals surface area (Å²) in [7, 11) is 1.95. The van der Waals surface area contributed by atoms with Gasteiger partial charge in [0.2, 0.25) is 0 Å². The smallest absolute Gasteiger partial charge is 0.274 e. The average Bonchev–Trinajstić information content (AvgIpc) is 3.15. The largest absolute Gasteiger partial charge is 0.337 e. The van der Waals surface area contributed by atoms with Crippen LogP contribution < -0.4 is 0 Å². The first-order chi connectivity index (χ1) is 13.6. The van der Waals surface area contributed by atoms with E-state index < -0.39 is 0 Å². The van der Waals surface area contributed by atoms with Crippen LogP contribution in [0, 0.1) is 12.8 Å². The standard InChI is InChI=1S/C20H23N7O/c1-14-10-24-18(13-23-14)20(28)27-6-3-15(4-7-27)9-16-11-21-12-17(25-16)19-22-5-8-26(19)2/h5,8,10-13,15H,3-4,6-7,9H2,1-2H3. The van der Waals surface area contributed by atoms with E-state index in [0.29, 0.717) is 11.6 Å². The summed E-state index contributed by atoms with van der Waals surface area (Å²) in [6, 6.07) is 0. The van der Waals surface area contributed by atoms with Crippen LogP contribution in [0.4, 0.5) is 0 Å². The first-order valence-electron chi connectivity index (χ1n) is 9.46. The molecule has 0 spiro atoms. The molecule has 1 saturated heterocycles. The van der Waals surface area contributed by atoms with E-state index in [2.05, 4.69) is 19.9 Å². The number of likely N-dealkylation sites (tertiary alicyclic amines) is 1. The fourth-order valence-electron chi connectivity index (χ4n) is 3.53. The summed E-state index contributed by atoms with van der Waals surface area (Å²) < 4.78 is 1.94. The molecule has 1 aliphatic rings. The van der Waals surface area contributed by atoms with Crippen molar-refractivity contribution in [2.75, 3.05) is 13.1 Å². The van der Waals surface area contributed by atoms with E-state index in [9.17, 15) is 4.79 Å². The fraction of sp³-hybridized carbons (Fsp3) is 0.400. The van der Waals surface area contributed by atoms with Gasteiger partial charge in [0.05, 0.1) is 23.8 Å². The third-order valence-corrected chi connectivity index (χ3v) is 5.13. The highest BCUT2D eigenvalue weighted by atomic mass is 16.2. The normalized spacial score (nSPS) is 15.0. The van der Waals surface area contributed by atoms with E-state index in [-0.39, 0.29) is 5.91 Å². The molecule has 28 heavy (non-hydrogen) atoms. The number of hydrogen-bond acceptors (Lipinski definition) is 6. The molecule has 8 nitrogen and oxygen atoms in total. The predicted octanol–water partition coefficient (Wildman–Crippen LogP) is 2.07. The van der Waals surface area contributed by atoms with Gasteiger partial charge in [-0.2, -0.15) is 0 Å². The first kappa shape index (κ1) is 18.2. The lowest BCUT2D eigenvalue weighted by atomic mass is 9.92. The zero-order valence-electron chi connectivity index (χ0n) is 16.1. The van der Waals surface area contributed by atoms with Gasteiger partial charge in [-0.25, -0.2) is 15.0 Å². The van der Waals surface area contributed by atoms with Gasteiger partial charge in [0.25, 0.3) is 5.91 Å². The van der Waals surface area contributed by atoms with E-state index in [1.54, 1.807) is 24.8 Å². The Morgan fingerprint density at radius 1 is 1.11 bits per heavy atom. The maximum atomic E-state index is 12.6. The molecule has 0 saturated carbocycles. The number of carbonyl (C=O) groups excluding carboxylic acids is 1. The third-order valence-electron chi connectivity index (χ3n) is 5.13. The minimum atomic E-state index is -0.0393. The molecule has 0 aromatic carbocycles. The van der Waals surface area contributed by atoms with Crippen molar-refractivity contribution in [2.45, 2.75) is 26.2 Å². The molecule has 3 aromatic rings. The average molecular weight is 377 g/mol. The minimum absolute atomic E-state index is 0.0393. The minimum Gasteiger partial charge on any atom is -0.337 e. The highest BCUT2D eigenvalue weighted by Crippen LogP contribution is 2.23. The van der Waals surface area contributed by atoms with Crippen LogP contribution in [0.25, 0.3) is 11.5 Å². The van der Waals surface area contributed by atoms with Crippen molar-refractivity contribution in [2.24, 2.45) is 13.0 Å². The molecular weight excluding hydrogens is 354 g/mol. The van der Waals surface area contributed by atoms with E-state index >= 15 is 0 Å². The van der Waals surface area contributed by atoms with Crippen molar-refractivity contribution in [1.82, 2.24) is 34.4 Å². The number of imidazole rings is 1. The van der Waals surface area contributed by atoms with Crippen LogP contribution in [0.2, 0.25) is 0 Å². The Morgan fingerprint density at radius 3 is 2.61 bits per heavy atom. The third kappa shape index (κ3) is 3.90. The van der Waals surface area contributed by atoms with E-state index in [1.807, 2.05) is 35.8 Å². The summed E-state index contributed by atoms with van der Waals surface area (Å²) >= 11 is 0. The Hall–Kier alpha value is -3.16. The van der Waals surface area contributed by atoms with E-state index in [4.69, 9.17) is 4.98 Å². The first-order valence-corrected chi connectivity index (χ1v) is 9.46. The molecule has 0 aliphatic carbocycles. The lowest BCUT2D eigenvalue weighted by Crippen LogP contribution is -2.39. The summed E-state index contributed by atoms with van der Waals surface area (Å²) in [5, 5.41) is 0. The molecule has 1 aliphatic heterocycles. The Kier molecular flexibility index (Phi) is 5.10. The number of hydrogen-bond donors (Lipinski definition) is 0. The van der Waals surface area contributed by atoms with Crippen molar-refractivity contribution in [1.29, 1.82) is 0 Å². The molecule has 0 atom stereocenters. The molecule has 0 bridgehead atoms. The molecule has 3 aromatic heterocycles. The number of nitrogens with zero attached hydrogens (tertiary/aromatic N) is 7. The molecular formula is C20H23N7O. The number of aryl methyl sites for hydroxylation is 2. The van der Waals surface area contributed by atoms with Crippen molar-refractivity contribution in [3.8, 4) is 11.5 Å². The molecule has 1 amide bonds. The van der Waals surface area contributed by atoms with Gasteiger partial charge in [-0.15, -0.1) is 0 Å². The molecule has 144 valence electrons. The molecule has 4 heterocycles. The van der Waals surface area contributed by atoms with Crippen LogP contribution in [0.15, 0.2) is 37.2 Å². The van der Waals surface area contributed by atoms with Gasteiger partial charge in [0, 0.05) is 44.9 Å². The van der Waals surface area contributed by atoms with Crippen LogP contribution >= 0.6 is 0 Å². The van der Waals surface area contributed by atoms with E-state index in [1.165, 1.54) is 0 Å². The second kappa shape index (κ2) is 7.84. The summed E-state index contributed by atoms with van der Waals surface area (Å²) in [4.78, 5) is 36.2. The van der Waals surface area contributed by atoms with Gasteiger partial charge in [0.15, 0.2) is 5.82 Å². The van der Waals surface area contributed by atoms with Crippen molar-refractivity contribution in [3.63, 3.8) is 0 Å². The van der Waals surface area contributed by atoms with Gasteiger partial charge in [0.1, 0.15) is 11.4 Å². The zero-order chi connectivity index (χ0) is 19.5. The number of carbonyl (C=O) groups is 1. The lowest BCUT2D eigenvalue weighted by molar-refractivity contribution is 0.0683. The molecule has 1 fully saturated rings. The van der Waals surface area contributed by atoms with Crippen molar-refractivity contribution in [3.05, 3.63) is 54.3 Å². The topological polar surface area (TPSA) is 89.7 Å². The number of piperidine rings is 1. The Bertz CT molecular complexity index is 959. The monoisotopic (exact) mass is 377 g/mol. The second-order valence-electron chi connectivity index (χ2n) is 7.24. The number of amides is 1. The number of aromatic nitrogens is 6. The van der Waals surface area contributed by atoms with Crippen molar-refractivity contribution >= 4 is 5.91 Å². The van der Waals surface area contributed by atoms with Crippen LogP contribution in [-0.2, 0) is 13.5 Å². The van der Waals surface area contributed by atoms with E-state index in [0.717, 1.165) is 55.3 Å². The molecule has 0 unspecified atom stereocenters. The van der Waals surface area contributed by atoms with Crippen LogP contribution in [0.5, 0.6) is 0 Å². The quantitative estimate of drug-likeness (QED) is 0.691. The molecule has 0 radical (unpaired) electrons. The van der Waals surface area contributed by atoms with Gasteiger partial charge >= 0.3 is 0 Å². The zero-order valence-corrected chi connectivity index (χ0v) is 16.1. The molecule has 4 rings (SSSR count). The maximum absolute atomic E-state index is 12.6. The molecule has 8 heteroatoms. The second-order valence-corrected chi connectivity index (χ2v) is 7.24. The molecule has 0 N–H and O–H groups in total. The summed E-state index contributed by atoms with van der Waals surface area (Å²) in [5.74, 6) is 1.26. The highest BCUT2D eigenvalue weighted by Gasteiger charge is 2.25. The Morgan fingerprint density at radius 2 is 1.93 bits per heavy atom.